The average Bonchev–Trinajstić information content (AvgIpc) is 2.39. The first-order chi connectivity index (χ1) is 8.22. The van der Waals surface area contributed by atoms with Crippen LogP contribution >= 0.6 is 0 Å². The van der Waals surface area contributed by atoms with Crippen molar-refractivity contribution in [3.63, 3.8) is 0 Å². The molecule has 0 saturated heterocycles. The maximum Gasteiger partial charge on any atom is 0.277 e. The van der Waals surface area contributed by atoms with Crippen LogP contribution in [0.3, 0.4) is 0 Å². The van der Waals surface area contributed by atoms with Crippen molar-refractivity contribution in [3.05, 3.63) is 52.8 Å². The van der Waals surface area contributed by atoms with Gasteiger partial charge in [0, 0.05) is 24.0 Å². The van der Waals surface area contributed by atoms with Crippen LogP contribution in [0.25, 0.3) is 11.1 Å². The quantitative estimate of drug-likeness (QED) is 0.600. The molecule has 0 aliphatic rings. The molecule has 1 heterocycles. The molecular weight excluding hydrogens is 220 g/mol. The minimum atomic E-state index is -0.415. The lowest BCUT2D eigenvalue weighted by atomic mass is 10.1. The van der Waals surface area contributed by atoms with Crippen LogP contribution in [-0.4, -0.2) is 17.0 Å². The van der Waals surface area contributed by atoms with E-state index in [9.17, 15) is 10.1 Å². The van der Waals surface area contributed by atoms with E-state index in [2.05, 4.69) is 4.98 Å². The van der Waals surface area contributed by atoms with Crippen molar-refractivity contribution >= 4 is 5.69 Å². The number of hydrogen-bond acceptors (Lipinski definition) is 4. The Morgan fingerprint density at radius 1 is 1.35 bits per heavy atom. The number of nitrogens with zero attached hydrogens (tertiary/aromatic N) is 2. The van der Waals surface area contributed by atoms with E-state index in [1.54, 1.807) is 36.7 Å². The number of benzene rings is 1. The van der Waals surface area contributed by atoms with Crippen LogP contribution in [-0.2, 0) is 0 Å². The van der Waals surface area contributed by atoms with Gasteiger partial charge in [-0.1, -0.05) is 6.07 Å². The van der Waals surface area contributed by atoms with Crippen molar-refractivity contribution in [1.29, 1.82) is 0 Å². The molecule has 0 radical (unpaired) electrons. The Bertz CT molecular complexity index is 541. The fraction of sp³-hybridized carbons (Fsp3) is 0.0833. The van der Waals surface area contributed by atoms with Gasteiger partial charge in [0.1, 0.15) is 5.75 Å². The molecule has 5 heteroatoms. The van der Waals surface area contributed by atoms with Gasteiger partial charge in [0.05, 0.1) is 17.6 Å². The van der Waals surface area contributed by atoms with Gasteiger partial charge in [0.15, 0.2) is 0 Å². The molecule has 2 aromatic rings. The maximum atomic E-state index is 10.9. The van der Waals surface area contributed by atoms with Crippen molar-refractivity contribution in [2.45, 2.75) is 0 Å². The van der Waals surface area contributed by atoms with E-state index in [1.807, 2.05) is 0 Å². The van der Waals surface area contributed by atoms with Crippen molar-refractivity contribution in [3.8, 4) is 16.9 Å². The number of aromatic nitrogens is 1. The van der Waals surface area contributed by atoms with Gasteiger partial charge in [-0.2, -0.15) is 0 Å². The molecule has 17 heavy (non-hydrogen) atoms. The lowest BCUT2D eigenvalue weighted by Crippen LogP contribution is -1.93. The van der Waals surface area contributed by atoms with Gasteiger partial charge in [-0.15, -0.1) is 0 Å². The lowest BCUT2D eigenvalue weighted by Gasteiger charge is -2.05. The fourth-order valence-electron chi connectivity index (χ4n) is 1.55. The molecule has 1 aromatic carbocycles. The molecule has 86 valence electrons. The van der Waals surface area contributed by atoms with Crippen LogP contribution in [0.5, 0.6) is 5.75 Å². The van der Waals surface area contributed by atoms with Crippen LogP contribution < -0.4 is 4.74 Å². The van der Waals surface area contributed by atoms with Crippen LogP contribution in [0.15, 0.2) is 42.7 Å². The number of nitro groups is 1. The molecule has 0 atom stereocenters. The molecule has 1 aromatic heterocycles. The third-order valence-corrected chi connectivity index (χ3v) is 2.37. The molecule has 0 fully saturated rings. The van der Waals surface area contributed by atoms with Crippen LogP contribution in [0.2, 0.25) is 0 Å². The van der Waals surface area contributed by atoms with Crippen molar-refractivity contribution in [2.75, 3.05) is 7.11 Å². The Hall–Kier alpha value is -2.43. The summed E-state index contributed by atoms with van der Waals surface area (Å²) in [5.74, 6) is 0.578. The molecular formula is C12H10N2O3. The molecule has 5 nitrogen and oxygen atoms in total. The Kier molecular flexibility index (Phi) is 3.00. The summed E-state index contributed by atoms with van der Waals surface area (Å²) in [7, 11) is 1.52. The molecule has 0 spiro atoms. The van der Waals surface area contributed by atoms with Crippen LogP contribution in [0.1, 0.15) is 0 Å². The zero-order chi connectivity index (χ0) is 12.3. The number of ether oxygens (including phenoxy) is 1. The molecule has 2 rings (SSSR count). The van der Waals surface area contributed by atoms with Crippen molar-refractivity contribution in [2.24, 2.45) is 0 Å². The van der Waals surface area contributed by atoms with Crippen LogP contribution in [0.4, 0.5) is 5.69 Å². The summed E-state index contributed by atoms with van der Waals surface area (Å²) < 4.78 is 5.07. The Labute approximate surface area is 97.8 Å². The minimum Gasteiger partial charge on any atom is -0.497 e. The highest BCUT2D eigenvalue weighted by atomic mass is 16.6. The SMILES string of the molecule is COc1ccc([N+](=O)[O-])c(-c2cccnc2)c1. The summed E-state index contributed by atoms with van der Waals surface area (Å²) in [6.45, 7) is 0. The van der Waals surface area contributed by atoms with E-state index in [-0.39, 0.29) is 5.69 Å². The van der Waals surface area contributed by atoms with E-state index in [0.29, 0.717) is 16.9 Å². The number of nitro benzene ring substituents is 1. The van der Waals surface area contributed by atoms with Crippen LogP contribution in [0, 0.1) is 10.1 Å². The first-order valence-electron chi connectivity index (χ1n) is 4.95. The van der Waals surface area contributed by atoms with Gasteiger partial charge in [-0.05, 0) is 18.2 Å². The standard InChI is InChI=1S/C12H10N2O3/c1-17-10-4-5-12(14(15)16)11(7-10)9-3-2-6-13-8-9/h2-8H,1H3. The first-order valence-corrected chi connectivity index (χ1v) is 4.95. The van der Waals surface area contributed by atoms with E-state index >= 15 is 0 Å². The zero-order valence-electron chi connectivity index (χ0n) is 9.16. The lowest BCUT2D eigenvalue weighted by molar-refractivity contribution is -0.384. The summed E-state index contributed by atoms with van der Waals surface area (Å²) >= 11 is 0. The topological polar surface area (TPSA) is 65.3 Å². The molecule has 0 N–H and O–H groups in total. The number of rotatable bonds is 3. The van der Waals surface area contributed by atoms with Crippen molar-refractivity contribution in [1.82, 2.24) is 4.98 Å². The van der Waals surface area contributed by atoms with Gasteiger partial charge in [-0.25, -0.2) is 0 Å². The molecule has 0 unspecified atom stereocenters. The molecule has 0 saturated carbocycles. The van der Waals surface area contributed by atoms with Gasteiger partial charge < -0.3 is 4.74 Å². The summed E-state index contributed by atoms with van der Waals surface area (Å²) in [5, 5.41) is 10.9. The Balaban J connectivity index is 2.61. The smallest absolute Gasteiger partial charge is 0.277 e. The van der Waals surface area contributed by atoms with Crippen molar-refractivity contribution < 1.29 is 9.66 Å². The average molecular weight is 230 g/mol. The summed E-state index contributed by atoms with van der Waals surface area (Å²) in [4.78, 5) is 14.5. The van der Waals surface area contributed by atoms with E-state index in [1.165, 1.54) is 13.2 Å². The van der Waals surface area contributed by atoms with Gasteiger partial charge >= 0.3 is 0 Å². The summed E-state index contributed by atoms with van der Waals surface area (Å²) in [5.41, 5.74) is 1.24. The van der Waals surface area contributed by atoms with E-state index < -0.39 is 4.92 Å². The number of methoxy groups -OCH3 is 1. The third-order valence-electron chi connectivity index (χ3n) is 2.37. The molecule has 0 amide bonds. The Morgan fingerprint density at radius 2 is 2.18 bits per heavy atom. The number of hydrogen-bond donors (Lipinski definition) is 0. The highest BCUT2D eigenvalue weighted by Gasteiger charge is 2.16. The minimum absolute atomic E-state index is 0.0406. The second-order valence-corrected chi connectivity index (χ2v) is 3.38. The monoisotopic (exact) mass is 230 g/mol. The first kappa shape index (κ1) is 11.1. The zero-order valence-corrected chi connectivity index (χ0v) is 9.16. The maximum absolute atomic E-state index is 10.9. The molecule has 0 aliphatic heterocycles. The predicted molar refractivity (Wildman–Crippen MR) is 62.9 cm³/mol. The highest BCUT2D eigenvalue weighted by Crippen LogP contribution is 2.32. The summed E-state index contributed by atoms with van der Waals surface area (Å²) in [6.07, 6.45) is 3.21. The van der Waals surface area contributed by atoms with Gasteiger partial charge in [0.25, 0.3) is 5.69 Å². The van der Waals surface area contributed by atoms with Gasteiger partial charge in [-0.3, -0.25) is 15.1 Å². The summed E-state index contributed by atoms with van der Waals surface area (Å²) in [6, 6.07) is 8.14. The fourth-order valence-corrected chi connectivity index (χ4v) is 1.55. The van der Waals surface area contributed by atoms with Gasteiger partial charge in [0.2, 0.25) is 0 Å². The largest absolute Gasteiger partial charge is 0.497 e. The van der Waals surface area contributed by atoms with E-state index in [0.717, 1.165) is 0 Å². The predicted octanol–water partition coefficient (Wildman–Crippen LogP) is 2.67. The third kappa shape index (κ3) is 2.23. The second kappa shape index (κ2) is 4.61. The van der Waals surface area contributed by atoms with E-state index in [4.69, 9.17) is 4.74 Å². The molecule has 0 bridgehead atoms. The number of pyridine rings is 1. The highest BCUT2D eigenvalue weighted by molar-refractivity contribution is 5.74. The Morgan fingerprint density at radius 3 is 2.76 bits per heavy atom. The normalized spacial score (nSPS) is 9.94. The second-order valence-electron chi connectivity index (χ2n) is 3.38. The molecule has 0 aliphatic carbocycles.